The zero-order chi connectivity index (χ0) is 24.1. The van der Waals surface area contributed by atoms with Gasteiger partial charge in [0.25, 0.3) is 11.8 Å². The third-order valence-corrected chi connectivity index (χ3v) is 6.41. The Hall–Kier alpha value is -3.58. The zero-order valence-electron chi connectivity index (χ0n) is 19.0. The van der Waals surface area contributed by atoms with Crippen molar-refractivity contribution in [3.63, 3.8) is 0 Å². The van der Waals surface area contributed by atoms with Gasteiger partial charge in [-0.1, -0.05) is 29.8 Å². The SMILES string of the molecule is COc1ccc(C(=O)N2CC[C@H](NC(=O)c3ccccc3Cl)[C@H](c3cccnc3)C2)cc1OC. The number of methoxy groups -OCH3 is 2. The molecule has 0 bridgehead atoms. The summed E-state index contributed by atoms with van der Waals surface area (Å²) in [6.45, 7) is 0.934. The molecule has 1 saturated heterocycles. The molecule has 2 heterocycles. The van der Waals surface area contributed by atoms with Gasteiger partial charge in [0.1, 0.15) is 0 Å². The molecule has 7 nitrogen and oxygen atoms in total. The minimum Gasteiger partial charge on any atom is -0.493 e. The van der Waals surface area contributed by atoms with Gasteiger partial charge in [0, 0.05) is 43.0 Å². The fraction of sp³-hybridized carbons (Fsp3) is 0.269. The molecule has 1 fully saturated rings. The first-order chi connectivity index (χ1) is 16.5. The minimum absolute atomic E-state index is 0.106. The lowest BCUT2D eigenvalue weighted by atomic mass is 9.86. The van der Waals surface area contributed by atoms with Crippen molar-refractivity contribution in [3.05, 3.63) is 88.7 Å². The fourth-order valence-electron chi connectivity index (χ4n) is 4.29. The number of ether oxygens (including phenoxy) is 2. The molecule has 2 atom stereocenters. The maximum absolute atomic E-state index is 13.3. The summed E-state index contributed by atoms with van der Waals surface area (Å²) in [6, 6.07) is 15.8. The van der Waals surface area contributed by atoms with Crippen molar-refractivity contribution in [2.45, 2.75) is 18.4 Å². The van der Waals surface area contributed by atoms with Crippen LogP contribution in [0.3, 0.4) is 0 Å². The molecular weight excluding hydrogens is 454 g/mol. The van der Waals surface area contributed by atoms with Gasteiger partial charge < -0.3 is 19.7 Å². The van der Waals surface area contributed by atoms with Crippen molar-refractivity contribution >= 4 is 23.4 Å². The molecule has 2 amide bonds. The van der Waals surface area contributed by atoms with E-state index in [1.807, 2.05) is 12.1 Å². The quantitative estimate of drug-likeness (QED) is 0.573. The lowest BCUT2D eigenvalue weighted by Crippen LogP contribution is -2.51. The molecule has 1 aliphatic rings. The lowest BCUT2D eigenvalue weighted by molar-refractivity contribution is 0.0671. The molecule has 1 aromatic heterocycles. The van der Waals surface area contributed by atoms with Gasteiger partial charge in [0.05, 0.1) is 24.8 Å². The van der Waals surface area contributed by atoms with E-state index in [0.717, 1.165) is 5.56 Å². The Kier molecular flexibility index (Phi) is 7.33. The second kappa shape index (κ2) is 10.6. The number of hydrogen-bond donors (Lipinski definition) is 1. The second-order valence-corrected chi connectivity index (χ2v) is 8.47. The van der Waals surface area contributed by atoms with Crippen molar-refractivity contribution in [2.75, 3.05) is 27.3 Å². The molecule has 0 saturated carbocycles. The topological polar surface area (TPSA) is 80.8 Å². The number of halogens is 1. The fourth-order valence-corrected chi connectivity index (χ4v) is 4.51. The van der Waals surface area contributed by atoms with E-state index >= 15 is 0 Å². The molecule has 0 spiro atoms. The van der Waals surface area contributed by atoms with E-state index in [-0.39, 0.29) is 23.8 Å². The highest BCUT2D eigenvalue weighted by atomic mass is 35.5. The second-order valence-electron chi connectivity index (χ2n) is 8.06. The summed E-state index contributed by atoms with van der Waals surface area (Å²) in [5.41, 5.74) is 1.90. The Labute approximate surface area is 203 Å². The van der Waals surface area contributed by atoms with Crippen LogP contribution in [0.25, 0.3) is 0 Å². The molecule has 0 unspecified atom stereocenters. The smallest absolute Gasteiger partial charge is 0.254 e. The maximum atomic E-state index is 13.3. The van der Waals surface area contributed by atoms with Crippen LogP contribution in [0.5, 0.6) is 11.5 Å². The first-order valence-corrected chi connectivity index (χ1v) is 11.4. The van der Waals surface area contributed by atoms with Gasteiger partial charge in [-0.05, 0) is 48.4 Å². The number of likely N-dealkylation sites (tertiary alicyclic amines) is 1. The van der Waals surface area contributed by atoms with Crippen LogP contribution in [0, 0.1) is 0 Å². The standard InChI is InChI=1S/C26H26ClN3O4/c1-33-23-10-9-17(14-24(23)34-2)26(32)30-13-11-22(20(16-30)18-6-5-12-28-15-18)29-25(31)19-7-3-4-8-21(19)27/h3-10,12,14-15,20,22H,11,13,16H2,1-2H3,(H,29,31)/t20-,22-/m0/s1. The molecule has 0 radical (unpaired) electrons. The zero-order valence-corrected chi connectivity index (χ0v) is 19.8. The summed E-state index contributed by atoms with van der Waals surface area (Å²) < 4.78 is 10.6. The lowest BCUT2D eigenvalue weighted by Gasteiger charge is -2.39. The Bertz CT molecular complexity index is 1170. The predicted octanol–water partition coefficient (Wildman–Crippen LogP) is 4.18. The number of nitrogens with one attached hydrogen (secondary N) is 1. The van der Waals surface area contributed by atoms with Gasteiger partial charge in [0.2, 0.25) is 0 Å². The molecule has 2 aromatic carbocycles. The summed E-state index contributed by atoms with van der Waals surface area (Å²) in [7, 11) is 3.09. The van der Waals surface area contributed by atoms with Crippen molar-refractivity contribution in [1.82, 2.24) is 15.2 Å². The molecule has 8 heteroatoms. The Morgan fingerprint density at radius 3 is 2.56 bits per heavy atom. The highest BCUT2D eigenvalue weighted by molar-refractivity contribution is 6.33. The Morgan fingerprint density at radius 1 is 1.06 bits per heavy atom. The van der Waals surface area contributed by atoms with E-state index in [0.29, 0.717) is 47.2 Å². The summed E-state index contributed by atoms with van der Waals surface area (Å²) in [6.07, 6.45) is 4.08. The van der Waals surface area contributed by atoms with Gasteiger partial charge in [-0.15, -0.1) is 0 Å². The van der Waals surface area contributed by atoms with Crippen molar-refractivity contribution in [3.8, 4) is 11.5 Å². The number of carbonyl (C=O) groups is 2. The first kappa shape index (κ1) is 23.6. The average molecular weight is 480 g/mol. The normalized spacial score (nSPS) is 17.7. The van der Waals surface area contributed by atoms with Crippen LogP contribution < -0.4 is 14.8 Å². The van der Waals surface area contributed by atoms with Gasteiger partial charge in [-0.2, -0.15) is 0 Å². The monoisotopic (exact) mass is 479 g/mol. The van der Waals surface area contributed by atoms with E-state index < -0.39 is 0 Å². The predicted molar refractivity (Wildman–Crippen MR) is 130 cm³/mol. The molecule has 1 aliphatic heterocycles. The van der Waals surface area contributed by atoms with E-state index in [9.17, 15) is 9.59 Å². The first-order valence-electron chi connectivity index (χ1n) is 11.0. The van der Waals surface area contributed by atoms with Crippen LogP contribution in [0.15, 0.2) is 67.0 Å². The molecule has 3 aromatic rings. The van der Waals surface area contributed by atoms with Gasteiger partial charge in [0.15, 0.2) is 11.5 Å². The number of hydrogen-bond acceptors (Lipinski definition) is 5. The maximum Gasteiger partial charge on any atom is 0.254 e. The van der Waals surface area contributed by atoms with Gasteiger partial charge in [-0.25, -0.2) is 0 Å². The Balaban J connectivity index is 1.56. The number of rotatable bonds is 6. The molecule has 34 heavy (non-hydrogen) atoms. The van der Waals surface area contributed by atoms with Crippen molar-refractivity contribution < 1.29 is 19.1 Å². The van der Waals surface area contributed by atoms with Crippen LogP contribution in [0.2, 0.25) is 5.02 Å². The summed E-state index contributed by atoms with van der Waals surface area (Å²) in [5.74, 6) is 0.597. The molecular formula is C26H26ClN3O4. The van der Waals surface area contributed by atoms with Crippen molar-refractivity contribution in [1.29, 1.82) is 0 Å². The van der Waals surface area contributed by atoms with E-state index in [1.54, 1.807) is 66.9 Å². The largest absolute Gasteiger partial charge is 0.493 e. The molecule has 176 valence electrons. The Morgan fingerprint density at radius 2 is 1.85 bits per heavy atom. The number of aromatic nitrogens is 1. The van der Waals surface area contributed by atoms with E-state index in [2.05, 4.69) is 10.3 Å². The van der Waals surface area contributed by atoms with Crippen LogP contribution in [-0.2, 0) is 0 Å². The highest BCUT2D eigenvalue weighted by Gasteiger charge is 2.34. The molecule has 0 aliphatic carbocycles. The summed E-state index contributed by atoms with van der Waals surface area (Å²) >= 11 is 6.23. The van der Waals surface area contributed by atoms with Gasteiger partial charge in [-0.3, -0.25) is 14.6 Å². The number of piperidine rings is 1. The van der Waals surface area contributed by atoms with Gasteiger partial charge >= 0.3 is 0 Å². The van der Waals surface area contributed by atoms with Crippen LogP contribution in [-0.4, -0.2) is 55.0 Å². The van der Waals surface area contributed by atoms with Crippen LogP contribution in [0.4, 0.5) is 0 Å². The van der Waals surface area contributed by atoms with Crippen molar-refractivity contribution in [2.24, 2.45) is 0 Å². The van der Waals surface area contributed by atoms with Crippen LogP contribution >= 0.6 is 11.6 Å². The molecule has 1 N–H and O–H groups in total. The summed E-state index contributed by atoms with van der Waals surface area (Å²) in [4.78, 5) is 32.4. The third-order valence-electron chi connectivity index (χ3n) is 6.08. The van der Waals surface area contributed by atoms with E-state index in [4.69, 9.17) is 21.1 Å². The number of amides is 2. The number of carbonyl (C=O) groups excluding carboxylic acids is 2. The molecule has 4 rings (SSSR count). The van der Waals surface area contributed by atoms with E-state index in [1.165, 1.54) is 7.11 Å². The average Bonchev–Trinajstić information content (AvgIpc) is 2.88. The van der Waals surface area contributed by atoms with Crippen LogP contribution in [0.1, 0.15) is 38.6 Å². The summed E-state index contributed by atoms with van der Waals surface area (Å²) in [5, 5.41) is 3.53. The highest BCUT2D eigenvalue weighted by Crippen LogP contribution is 2.31. The number of pyridine rings is 1. The number of nitrogens with zero attached hydrogens (tertiary/aromatic N) is 2. The third kappa shape index (κ3) is 4.99. The number of benzene rings is 2. The minimum atomic E-state index is -0.232.